The van der Waals surface area contributed by atoms with Crippen molar-refractivity contribution in [2.75, 3.05) is 20.6 Å². The number of likely N-dealkylation sites (N-methyl/N-ethyl adjacent to an activating group) is 1. The van der Waals surface area contributed by atoms with Gasteiger partial charge < -0.3 is 10.2 Å². The topological polar surface area (TPSA) is 15.3 Å². The van der Waals surface area contributed by atoms with Gasteiger partial charge in [-0.2, -0.15) is 0 Å². The lowest BCUT2D eigenvalue weighted by Gasteiger charge is -2.34. The number of unbranched alkanes of at least 4 members (excludes halogenated alkanes) is 4. The maximum Gasteiger partial charge on any atom is 0.0271 e. The molecule has 0 bridgehead atoms. The normalized spacial score (nSPS) is 14.3. The highest BCUT2D eigenvalue weighted by Gasteiger charge is 2.20. The summed E-state index contributed by atoms with van der Waals surface area (Å²) in [6, 6.07) is 0.649. The van der Waals surface area contributed by atoms with Gasteiger partial charge in [-0.3, -0.25) is 0 Å². The third kappa shape index (κ3) is 8.62. The molecule has 0 aromatic heterocycles. The molecule has 0 aliphatic heterocycles. The molecule has 0 amide bonds. The summed E-state index contributed by atoms with van der Waals surface area (Å²) >= 11 is 0. The summed E-state index contributed by atoms with van der Waals surface area (Å²) in [6.07, 6.45) is 8.23. The zero-order valence-electron chi connectivity index (χ0n) is 13.0. The fraction of sp³-hybridized carbons (Fsp3) is 1.00. The van der Waals surface area contributed by atoms with Crippen molar-refractivity contribution in [3.8, 4) is 0 Å². The zero-order valence-corrected chi connectivity index (χ0v) is 13.0. The molecule has 0 saturated heterocycles. The van der Waals surface area contributed by atoms with Gasteiger partial charge in [0.05, 0.1) is 0 Å². The van der Waals surface area contributed by atoms with Crippen LogP contribution in [0, 0.1) is 0 Å². The molecule has 1 N–H and O–H groups in total. The lowest BCUT2D eigenvalue weighted by Crippen LogP contribution is -2.48. The molecule has 0 fully saturated rings. The van der Waals surface area contributed by atoms with Crippen LogP contribution in [0.3, 0.4) is 0 Å². The third-order valence-electron chi connectivity index (χ3n) is 3.83. The largest absolute Gasteiger partial charge is 0.312 e. The smallest absolute Gasteiger partial charge is 0.0271 e. The SMILES string of the molecule is CCCCCCCC(C)NCC(C)(C)N(C)C. The first kappa shape index (κ1) is 16.9. The van der Waals surface area contributed by atoms with Crippen molar-refractivity contribution >= 4 is 0 Å². The Kier molecular flexibility index (Phi) is 8.89. The Morgan fingerprint density at radius 1 is 1.06 bits per heavy atom. The van der Waals surface area contributed by atoms with Gasteiger partial charge in [0.1, 0.15) is 0 Å². The standard InChI is InChI=1S/C15H34N2/c1-7-8-9-10-11-12-14(2)16-13-15(3,4)17(5)6/h14,16H,7-13H2,1-6H3. The number of nitrogens with one attached hydrogen (secondary N) is 1. The minimum atomic E-state index is 0.246. The van der Waals surface area contributed by atoms with Crippen LogP contribution < -0.4 is 5.32 Å². The molecular formula is C15H34N2. The summed E-state index contributed by atoms with van der Waals surface area (Å²) in [5.74, 6) is 0. The van der Waals surface area contributed by atoms with E-state index in [1.807, 2.05) is 0 Å². The molecule has 17 heavy (non-hydrogen) atoms. The predicted molar refractivity (Wildman–Crippen MR) is 78.6 cm³/mol. The van der Waals surface area contributed by atoms with Gasteiger partial charge in [-0.1, -0.05) is 39.0 Å². The summed E-state index contributed by atoms with van der Waals surface area (Å²) in [7, 11) is 4.30. The van der Waals surface area contributed by atoms with E-state index in [1.54, 1.807) is 0 Å². The molecule has 0 radical (unpaired) electrons. The quantitative estimate of drug-likeness (QED) is 0.588. The second-order valence-corrected chi connectivity index (χ2v) is 6.19. The van der Waals surface area contributed by atoms with Crippen molar-refractivity contribution in [2.45, 2.75) is 77.8 Å². The van der Waals surface area contributed by atoms with Gasteiger partial charge in [0.25, 0.3) is 0 Å². The van der Waals surface area contributed by atoms with Crippen LogP contribution in [0.5, 0.6) is 0 Å². The van der Waals surface area contributed by atoms with E-state index in [9.17, 15) is 0 Å². The lowest BCUT2D eigenvalue weighted by atomic mass is 10.0. The fourth-order valence-electron chi connectivity index (χ4n) is 1.74. The maximum atomic E-state index is 3.65. The molecule has 2 heteroatoms. The lowest BCUT2D eigenvalue weighted by molar-refractivity contribution is 0.184. The van der Waals surface area contributed by atoms with Gasteiger partial charge in [0.15, 0.2) is 0 Å². The van der Waals surface area contributed by atoms with E-state index >= 15 is 0 Å². The van der Waals surface area contributed by atoms with Gasteiger partial charge >= 0.3 is 0 Å². The number of nitrogens with zero attached hydrogens (tertiary/aromatic N) is 1. The number of hydrogen-bond acceptors (Lipinski definition) is 2. The van der Waals surface area contributed by atoms with Crippen LogP contribution in [-0.4, -0.2) is 37.1 Å². The van der Waals surface area contributed by atoms with Crippen LogP contribution in [0.15, 0.2) is 0 Å². The van der Waals surface area contributed by atoms with Gasteiger partial charge in [-0.25, -0.2) is 0 Å². The molecule has 0 aromatic carbocycles. The van der Waals surface area contributed by atoms with Gasteiger partial charge in [-0.15, -0.1) is 0 Å². The van der Waals surface area contributed by atoms with Gasteiger partial charge in [0, 0.05) is 18.1 Å². The minimum absolute atomic E-state index is 0.246. The molecule has 0 saturated carbocycles. The maximum absolute atomic E-state index is 3.65. The average molecular weight is 242 g/mol. The highest BCUT2D eigenvalue weighted by Crippen LogP contribution is 2.10. The summed E-state index contributed by atoms with van der Waals surface area (Å²) in [5, 5.41) is 3.65. The van der Waals surface area contributed by atoms with E-state index in [1.165, 1.54) is 38.5 Å². The summed E-state index contributed by atoms with van der Waals surface area (Å²) < 4.78 is 0. The van der Waals surface area contributed by atoms with Crippen LogP contribution in [0.25, 0.3) is 0 Å². The molecule has 0 heterocycles. The van der Waals surface area contributed by atoms with Crippen LogP contribution in [0.2, 0.25) is 0 Å². The highest BCUT2D eigenvalue weighted by atomic mass is 15.2. The molecule has 0 aliphatic carbocycles. The second kappa shape index (κ2) is 8.93. The predicted octanol–water partition coefficient (Wildman–Crippen LogP) is 3.67. The molecule has 0 aromatic rings. The van der Waals surface area contributed by atoms with E-state index in [-0.39, 0.29) is 5.54 Å². The van der Waals surface area contributed by atoms with E-state index in [4.69, 9.17) is 0 Å². The van der Waals surface area contributed by atoms with Gasteiger partial charge in [0.2, 0.25) is 0 Å². The van der Waals surface area contributed by atoms with Crippen LogP contribution in [-0.2, 0) is 0 Å². The van der Waals surface area contributed by atoms with E-state index in [0.29, 0.717) is 6.04 Å². The summed E-state index contributed by atoms with van der Waals surface area (Å²) in [6.45, 7) is 10.2. The van der Waals surface area contributed by atoms with Crippen molar-refractivity contribution in [3.63, 3.8) is 0 Å². The number of hydrogen-bond donors (Lipinski definition) is 1. The molecular weight excluding hydrogens is 208 g/mol. The molecule has 1 unspecified atom stereocenters. The Balaban J connectivity index is 3.56. The Hall–Kier alpha value is -0.0800. The first-order valence-corrected chi connectivity index (χ1v) is 7.31. The van der Waals surface area contributed by atoms with Crippen molar-refractivity contribution in [3.05, 3.63) is 0 Å². The Bertz CT molecular complexity index is 176. The monoisotopic (exact) mass is 242 g/mol. The molecule has 2 nitrogen and oxygen atoms in total. The van der Waals surface area contributed by atoms with E-state index in [2.05, 4.69) is 52.0 Å². The minimum Gasteiger partial charge on any atom is -0.312 e. The molecule has 104 valence electrons. The first-order chi connectivity index (χ1) is 7.90. The molecule has 0 rings (SSSR count). The highest BCUT2D eigenvalue weighted by molar-refractivity contribution is 4.80. The van der Waals surface area contributed by atoms with Crippen molar-refractivity contribution in [2.24, 2.45) is 0 Å². The average Bonchev–Trinajstić information content (AvgIpc) is 2.26. The first-order valence-electron chi connectivity index (χ1n) is 7.31. The van der Waals surface area contributed by atoms with Crippen LogP contribution in [0.4, 0.5) is 0 Å². The number of rotatable bonds is 10. The molecule has 0 aliphatic rings. The van der Waals surface area contributed by atoms with Gasteiger partial charge in [-0.05, 0) is 41.3 Å². The molecule has 0 spiro atoms. The Labute approximate surface area is 109 Å². The van der Waals surface area contributed by atoms with Crippen LogP contribution >= 0.6 is 0 Å². The third-order valence-corrected chi connectivity index (χ3v) is 3.83. The summed E-state index contributed by atoms with van der Waals surface area (Å²) in [5.41, 5.74) is 0.246. The van der Waals surface area contributed by atoms with E-state index in [0.717, 1.165) is 6.54 Å². The fourth-order valence-corrected chi connectivity index (χ4v) is 1.74. The Morgan fingerprint density at radius 3 is 2.18 bits per heavy atom. The van der Waals surface area contributed by atoms with Crippen molar-refractivity contribution < 1.29 is 0 Å². The van der Waals surface area contributed by atoms with Crippen molar-refractivity contribution in [1.82, 2.24) is 10.2 Å². The summed E-state index contributed by atoms with van der Waals surface area (Å²) in [4.78, 5) is 2.29. The van der Waals surface area contributed by atoms with Crippen LogP contribution in [0.1, 0.15) is 66.2 Å². The molecule has 1 atom stereocenters. The Morgan fingerprint density at radius 2 is 1.65 bits per heavy atom. The van der Waals surface area contributed by atoms with E-state index < -0.39 is 0 Å². The van der Waals surface area contributed by atoms with Crippen molar-refractivity contribution in [1.29, 1.82) is 0 Å². The second-order valence-electron chi connectivity index (χ2n) is 6.19. The zero-order chi connectivity index (χ0) is 13.3.